The van der Waals surface area contributed by atoms with Gasteiger partial charge < -0.3 is 9.47 Å². The molecular formula is C24H19NO5S. The Hall–Kier alpha value is -3.71. The molecule has 0 spiro atoms. The number of carbonyl (C=O) groups excluding carboxylic acids is 2. The highest BCUT2D eigenvalue weighted by atomic mass is 32.1. The first-order valence-electron chi connectivity index (χ1n) is 9.64. The maximum atomic E-state index is 13.2. The van der Waals surface area contributed by atoms with E-state index >= 15 is 0 Å². The summed E-state index contributed by atoms with van der Waals surface area (Å²) in [6.45, 7) is 1.90. The Morgan fingerprint density at radius 3 is 2.42 bits per heavy atom. The van der Waals surface area contributed by atoms with Crippen LogP contribution in [0.25, 0.3) is 10.9 Å². The number of methoxy groups -OCH3 is 1. The van der Waals surface area contributed by atoms with Crippen LogP contribution in [0.3, 0.4) is 0 Å². The van der Waals surface area contributed by atoms with Crippen molar-refractivity contribution in [1.82, 2.24) is 4.40 Å². The summed E-state index contributed by atoms with van der Waals surface area (Å²) in [5.41, 5.74) is 1.22. The minimum Gasteiger partial charge on any atom is -0.497 e. The number of hydrogen-bond donors (Lipinski definition) is 0. The normalized spacial score (nSPS) is 11.6. The zero-order chi connectivity index (χ0) is 22.0. The van der Waals surface area contributed by atoms with E-state index in [1.807, 2.05) is 12.1 Å². The first-order chi connectivity index (χ1) is 15.0. The zero-order valence-corrected chi connectivity index (χ0v) is 17.8. The second kappa shape index (κ2) is 8.57. The number of carbonyl (C=O) groups is 2. The number of esters is 1. The number of ketones is 1. The molecule has 0 unspecified atom stereocenters. The molecule has 0 saturated heterocycles. The van der Waals surface area contributed by atoms with E-state index in [4.69, 9.17) is 9.47 Å². The van der Waals surface area contributed by atoms with Crippen LogP contribution in [0.5, 0.6) is 5.75 Å². The molecule has 7 heteroatoms. The lowest BCUT2D eigenvalue weighted by atomic mass is 10.1. The van der Waals surface area contributed by atoms with Crippen LogP contribution in [0, 0.1) is 0 Å². The van der Waals surface area contributed by atoms with Crippen LogP contribution >= 0.6 is 11.3 Å². The highest BCUT2D eigenvalue weighted by Crippen LogP contribution is 2.22. The molecule has 2 heterocycles. The van der Waals surface area contributed by atoms with E-state index in [1.54, 1.807) is 62.6 Å². The molecule has 2 aromatic carbocycles. The third-order valence-electron chi connectivity index (χ3n) is 4.75. The van der Waals surface area contributed by atoms with Gasteiger partial charge >= 0.3 is 5.97 Å². The molecule has 0 bridgehead atoms. The SMILES string of the molecule is CCOC(=O)c1cc(C(=O)c2ccccc2)n2c(=O)c(=Cc3ccc(OC)cc3)sc12. The van der Waals surface area contributed by atoms with E-state index < -0.39 is 5.97 Å². The summed E-state index contributed by atoms with van der Waals surface area (Å²) in [5.74, 6) is -0.194. The largest absolute Gasteiger partial charge is 0.497 e. The molecule has 0 atom stereocenters. The van der Waals surface area contributed by atoms with Gasteiger partial charge in [-0.3, -0.25) is 14.0 Å². The lowest BCUT2D eigenvalue weighted by Crippen LogP contribution is -2.25. The number of fused-ring (bicyclic) bond motifs is 1. The lowest BCUT2D eigenvalue weighted by Gasteiger charge is -1.99. The number of rotatable bonds is 6. The van der Waals surface area contributed by atoms with E-state index in [9.17, 15) is 14.4 Å². The Bertz CT molecular complexity index is 1370. The van der Waals surface area contributed by atoms with Crippen LogP contribution in [0.15, 0.2) is 65.5 Å². The summed E-state index contributed by atoms with van der Waals surface area (Å²) in [6.07, 6.45) is 1.73. The predicted molar refractivity (Wildman–Crippen MR) is 119 cm³/mol. The number of nitrogens with zero attached hydrogens (tertiary/aromatic N) is 1. The Kier molecular flexibility index (Phi) is 5.68. The van der Waals surface area contributed by atoms with Crippen LogP contribution in [-0.4, -0.2) is 29.9 Å². The summed E-state index contributed by atoms with van der Waals surface area (Å²) in [7, 11) is 1.58. The van der Waals surface area contributed by atoms with Gasteiger partial charge in [0.1, 0.15) is 10.6 Å². The molecule has 2 aromatic heterocycles. The van der Waals surface area contributed by atoms with Crippen LogP contribution < -0.4 is 14.8 Å². The summed E-state index contributed by atoms with van der Waals surface area (Å²) in [6, 6.07) is 17.3. The first-order valence-corrected chi connectivity index (χ1v) is 10.5. The van der Waals surface area contributed by atoms with E-state index in [0.29, 0.717) is 20.7 Å². The van der Waals surface area contributed by atoms with E-state index in [2.05, 4.69) is 0 Å². The average Bonchev–Trinajstić information content (AvgIpc) is 3.32. The first kappa shape index (κ1) is 20.6. The van der Waals surface area contributed by atoms with Crippen molar-refractivity contribution >= 4 is 34.0 Å². The van der Waals surface area contributed by atoms with Gasteiger partial charge in [0.15, 0.2) is 0 Å². The molecule has 156 valence electrons. The summed E-state index contributed by atoms with van der Waals surface area (Å²) in [4.78, 5) is 39.2. The Labute approximate surface area is 182 Å². The molecule has 0 N–H and O–H groups in total. The Morgan fingerprint density at radius 2 is 1.77 bits per heavy atom. The predicted octanol–water partition coefficient (Wildman–Crippen LogP) is 3.33. The molecule has 0 fully saturated rings. The van der Waals surface area contributed by atoms with Gasteiger partial charge in [-0.2, -0.15) is 0 Å². The van der Waals surface area contributed by atoms with Crippen LogP contribution in [-0.2, 0) is 4.74 Å². The van der Waals surface area contributed by atoms with Gasteiger partial charge in [-0.15, -0.1) is 11.3 Å². The second-order valence-electron chi connectivity index (χ2n) is 6.69. The number of hydrogen-bond acceptors (Lipinski definition) is 6. The highest BCUT2D eigenvalue weighted by molar-refractivity contribution is 7.15. The maximum Gasteiger partial charge on any atom is 0.341 e. The van der Waals surface area contributed by atoms with Gasteiger partial charge in [-0.25, -0.2) is 4.79 Å². The standard InChI is InChI=1S/C24H19NO5S/c1-3-30-24(28)18-14-19(21(26)16-7-5-4-6-8-16)25-22(27)20(31-23(18)25)13-15-9-11-17(29-2)12-10-15/h4-14H,3H2,1-2H3. The van der Waals surface area contributed by atoms with Crippen molar-refractivity contribution in [2.45, 2.75) is 6.92 Å². The molecule has 0 saturated carbocycles. The van der Waals surface area contributed by atoms with Crippen LogP contribution in [0.2, 0.25) is 0 Å². The minimum absolute atomic E-state index is 0.139. The smallest absolute Gasteiger partial charge is 0.341 e. The van der Waals surface area contributed by atoms with Gasteiger partial charge in [-0.1, -0.05) is 42.5 Å². The molecule has 4 aromatic rings. The number of benzene rings is 2. The van der Waals surface area contributed by atoms with Crippen molar-refractivity contribution in [2.75, 3.05) is 13.7 Å². The highest BCUT2D eigenvalue weighted by Gasteiger charge is 2.24. The maximum absolute atomic E-state index is 13.2. The fourth-order valence-corrected chi connectivity index (χ4v) is 4.36. The molecule has 0 aliphatic rings. The summed E-state index contributed by atoms with van der Waals surface area (Å²) >= 11 is 1.15. The van der Waals surface area contributed by atoms with Crippen molar-refractivity contribution in [1.29, 1.82) is 0 Å². The molecule has 6 nitrogen and oxygen atoms in total. The second-order valence-corrected chi connectivity index (χ2v) is 7.72. The molecule has 31 heavy (non-hydrogen) atoms. The third-order valence-corrected chi connectivity index (χ3v) is 5.86. The lowest BCUT2D eigenvalue weighted by molar-refractivity contribution is 0.0529. The third kappa shape index (κ3) is 3.87. The van der Waals surface area contributed by atoms with Crippen molar-refractivity contribution < 1.29 is 19.1 Å². The van der Waals surface area contributed by atoms with Gasteiger partial charge in [0.2, 0.25) is 5.78 Å². The van der Waals surface area contributed by atoms with Crippen molar-refractivity contribution in [3.63, 3.8) is 0 Å². The fourth-order valence-electron chi connectivity index (χ4n) is 3.26. The Morgan fingerprint density at radius 1 is 1.06 bits per heavy atom. The molecule has 0 amide bonds. The quantitative estimate of drug-likeness (QED) is 0.345. The average molecular weight is 433 g/mol. The number of aromatic nitrogens is 1. The molecule has 0 aliphatic carbocycles. The fraction of sp³-hybridized carbons (Fsp3) is 0.125. The van der Waals surface area contributed by atoms with E-state index in [0.717, 1.165) is 16.9 Å². The van der Waals surface area contributed by atoms with E-state index in [-0.39, 0.29) is 29.2 Å². The topological polar surface area (TPSA) is 74.1 Å². The summed E-state index contributed by atoms with van der Waals surface area (Å²) < 4.78 is 12.0. The summed E-state index contributed by atoms with van der Waals surface area (Å²) in [5, 5.41) is 0. The van der Waals surface area contributed by atoms with Crippen molar-refractivity contribution in [3.05, 3.63) is 97.9 Å². The van der Waals surface area contributed by atoms with Crippen LogP contribution in [0.1, 0.15) is 38.9 Å². The van der Waals surface area contributed by atoms with Gasteiger partial charge in [0.25, 0.3) is 5.56 Å². The van der Waals surface area contributed by atoms with Gasteiger partial charge in [-0.05, 0) is 36.8 Å². The van der Waals surface area contributed by atoms with E-state index in [1.165, 1.54) is 10.5 Å². The van der Waals surface area contributed by atoms with Gasteiger partial charge in [0.05, 0.1) is 29.5 Å². The molecule has 0 radical (unpaired) electrons. The number of thiazole rings is 1. The van der Waals surface area contributed by atoms with Crippen molar-refractivity contribution in [3.8, 4) is 5.75 Å². The number of ether oxygens (including phenoxy) is 2. The monoisotopic (exact) mass is 433 g/mol. The zero-order valence-electron chi connectivity index (χ0n) is 17.0. The van der Waals surface area contributed by atoms with Gasteiger partial charge in [0, 0.05) is 5.56 Å². The molecule has 0 aliphatic heterocycles. The molecular weight excluding hydrogens is 414 g/mol. The van der Waals surface area contributed by atoms with Crippen LogP contribution in [0.4, 0.5) is 0 Å². The van der Waals surface area contributed by atoms with Crippen molar-refractivity contribution in [2.24, 2.45) is 0 Å². The minimum atomic E-state index is -0.565. The molecule has 4 rings (SSSR count). The Balaban J connectivity index is 1.92.